The molecule has 2 atom stereocenters. The highest BCUT2D eigenvalue weighted by atomic mass is 15.3. The van der Waals surface area contributed by atoms with Gasteiger partial charge in [0.25, 0.3) is 0 Å². The molecule has 1 heterocycles. The summed E-state index contributed by atoms with van der Waals surface area (Å²) in [4.78, 5) is 9.06. The first-order valence-corrected chi connectivity index (χ1v) is 8.34. The van der Waals surface area contributed by atoms with Gasteiger partial charge in [-0.3, -0.25) is 0 Å². The molecule has 5 nitrogen and oxygen atoms in total. The van der Waals surface area contributed by atoms with Crippen LogP contribution in [-0.4, -0.2) is 16.5 Å². The van der Waals surface area contributed by atoms with E-state index in [1.165, 1.54) is 44.9 Å². The summed E-state index contributed by atoms with van der Waals surface area (Å²) in [6.07, 6.45) is 9.21. The van der Waals surface area contributed by atoms with Gasteiger partial charge >= 0.3 is 0 Å². The molecule has 0 saturated heterocycles. The first kappa shape index (κ1) is 14.6. The van der Waals surface area contributed by atoms with Crippen LogP contribution in [0, 0.1) is 11.8 Å². The molecule has 3 rings (SSSR count). The molecule has 1 aromatic rings. The Balaban J connectivity index is 1.53. The number of hydrazine groups is 1. The van der Waals surface area contributed by atoms with Crippen LogP contribution in [0.1, 0.15) is 63.6 Å². The van der Waals surface area contributed by atoms with Gasteiger partial charge < -0.3 is 10.7 Å². The van der Waals surface area contributed by atoms with Gasteiger partial charge in [-0.05, 0) is 37.5 Å². The Morgan fingerprint density at radius 2 is 2.00 bits per heavy atom. The molecule has 5 heteroatoms. The van der Waals surface area contributed by atoms with Crippen LogP contribution in [0.3, 0.4) is 0 Å². The van der Waals surface area contributed by atoms with Gasteiger partial charge in [0.05, 0.1) is 0 Å². The molecule has 2 fully saturated rings. The van der Waals surface area contributed by atoms with Crippen LogP contribution in [0.5, 0.6) is 0 Å². The number of nitrogens with two attached hydrogens (primary N) is 1. The summed E-state index contributed by atoms with van der Waals surface area (Å²) in [6.45, 7) is 3.37. The lowest BCUT2D eigenvalue weighted by atomic mass is 9.81. The minimum absolute atomic E-state index is 0.540. The Morgan fingerprint density at radius 1 is 1.19 bits per heavy atom. The topological polar surface area (TPSA) is 75.9 Å². The van der Waals surface area contributed by atoms with E-state index in [-0.39, 0.29) is 0 Å². The molecule has 21 heavy (non-hydrogen) atoms. The number of nitrogens with one attached hydrogen (secondary N) is 2. The zero-order valence-corrected chi connectivity index (χ0v) is 12.9. The molecule has 2 unspecified atom stereocenters. The molecular formula is C16H27N5. The third kappa shape index (κ3) is 4.06. The summed E-state index contributed by atoms with van der Waals surface area (Å²) in [5, 5.41) is 3.46. The number of rotatable bonds is 6. The van der Waals surface area contributed by atoms with Gasteiger partial charge in [-0.25, -0.2) is 15.8 Å². The van der Waals surface area contributed by atoms with Crippen molar-refractivity contribution in [3.63, 3.8) is 0 Å². The average Bonchev–Trinajstić information content (AvgIpc) is 3.32. The SMILES string of the molecule is CC1CCCC(CCNc2cc(NN)nc(C3CC3)n2)C1. The van der Waals surface area contributed by atoms with Crippen LogP contribution in [0.4, 0.5) is 11.6 Å². The molecule has 0 radical (unpaired) electrons. The standard InChI is InChI=1S/C16H27N5/c1-11-3-2-4-12(9-11)7-8-18-14-10-15(21-17)20-16(19-14)13-5-6-13/h10-13H,2-9,17H2,1H3,(H2,18,19,20,21). The average molecular weight is 289 g/mol. The van der Waals surface area contributed by atoms with Crippen LogP contribution >= 0.6 is 0 Å². The molecule has 0 spiro atoms. The van der Waals surface area contributed by atoms with E-state index in [0.29, 0.717) is 11.7 Å². The molecule has 1 aromatic heterocycles. The Hall–Kier alpha value is -1.36. The zero-order valence-electron chi connectivity index (χ0n) is 12.9. The van der Waals surface area contributed by atoms with Gasteiger partial charge in [0.1, 0.15) is 17.5 Å². The molecule has 0 aliphatic heterocycles. The van der Waals surface area contributed by atoms with E-state index in [9.17, 15) is 0 Å². The second-order valence-electron chi connectivity index (χ2n) is 6.77. The first-order chi connectivity index (χ1) is 10.2. The fourth-order valence-corrected chi connectivity index (χ4v) is 3.38. The predicted molar refractivity (Wildman–Crippen MR) is 86.0 cm³/mol. The highest BCUT2D eigenvalue weighted by Gasteiger charge is 2.27. The number of aromatic nitrogens is 2. The van der Waals surface area contributed by atoms with Gasteiger partial charge in [-0.15, -0.1) is 0 Å². The van der Waals surface area contributed by atoms with Crippen molar-refractivity contribution in [2.75, 3.05) is 17.3 Å². The molecular weight excluding hydrogens is 262 g/mol. The van der Waals surface area contributed by atoms with Crippen molar-refractivity contribution >= 4 is 11.6 Å². The van der Waals surface area contributed by atoms with Crippen LogP contribution in [0.2, 0.25) is 0 Å². The van der Waals surface area contributed by atoms with E-state index in [1.54, 1.807) is 0 Å². The largest absolute Gasteiger partial charge is 0.370 e. The number of anilines is 2. The fraction of sp³-hybridized carbons (Fsp3) is 0.750. The van der Waals surface area contributed by atoms with E-state index in [2.05, 4.69) is 27.6 Å². The molecule has 0 aromatic carbocycles. The smallest absolute Gasteiger partial charge is 0.145 e. The van der Waals surface area contributed by atoms with E-state index in [4.69, 9.17) is 5.84 Å². The monoisotopic (exact) mass is 289 g/mol. The lowest BCUT2D eigenvalue weighted by molar-refractivity contribution is 0.274. The summed E-state index contributed by atoms with van der Waals surface area (Å²) in [6, 6.07) is 1.90. The minimum Gasteiger partial charge on any atom is -0.370 e. The molecule has 0 amide bonds. The maximum atomic E-state index is 5.50. The van der Waals surface area contributed by atoms with Crippen LogP contribution in [0.15, 0.2) is 6.07 Å². The quantitative estimate of drug-likeness (QED) is 0.553. The normalized spacial score (nSPS) is 25.6. The Bertz CT molecular complexity index is 472. The van der Waals surface area contributed by atoms with Crippen molar-refractivity contribution in [1.29, 1.82) is 0 Å². The summed E-state index contributed by atoms with van der Waals surface area (Å²) >= 11 is 0. The number of nitrogen functional groups attached to an aromatic ring is 1. The summed E-state index contributed by atoms with van der Waals surface area (Å²) < 4.78 is 0. The van der Waals surface area contributed by atoms with Crippen molar-refractivity contribution in [3.05, 3.63) is 11.9 Å². The van der Waals surface area contributed by atoms with Crippen molar-refractivity contribution in [2.45, 2.75) is 57.8 Å². The maximum Gasteiger partial charge on any atom is 0.145 e. The molecule has 2 aliphatic rings. The Kier molecular flexibility index (Phi) is 4.58. The van der Waals surface area contributed by atoms with E-state index >= 15 is 0 Å². The van der Waals surface area contributed by atoms with Gasteiger partial charge in [0, 0.05) is 18.5 Å². The summed E-state index contributed by atoms with van der Waals surface area (Å²) in [5.74, 6) is 10.4. The van der Waals surface area contributed by atoms with Crippen LogP contribution in [0.25, 0.3) is 0 Å². The molecule has 2 saturated carbocycles. The van der Waals surface area contributed by atoms with Gasteiger partial charge in [-0.1, -0.05) is 26.2 Å². The third-order valence-corrected chi connectivity index (χ3v) is 4.74. The number of nitrogens with zero attached hydrogens (tertiary/aromatic N) is 2. The lowest BCUT2D eigenvalue weighted by Gasteiger charge is -2.26. The lowest BCUT2D eigenvalue weighted by Crippen LogP contribution is -2.17. The van der Waals surface area contributed by atoms with Crippen molar-refractivity contribution in [2.24, 2.45) is 17.7 Å². The van der Waals surface area contributed by atoms with E-state index in [0.717, 1.165) is 30.0 Å². The molecule has 116 valence electrons. The highest BCUT2D eigenvalue weighted by molar-refractivity contribution is 5.47. The molecule has 4 N–H and O–H groups in total. The second-order valence-corrected chi connectivity index (χ2v) is 6.77. The maximum absolute atomic E-state index is 5.50. The van der Waals surface area contributed by atoms with Crippen LogP contribution < -0.4 is 16.6 Å². The van der Waals surface area contributed by atoms with Gasteiger partial charge in [0.15, 0.2) is 0 Å². The van der Waals surface area contributed by atoms with Crippen molar-refractivity contribution < 1.29 is 0 Å². The van der Waals surface area contributed by atoms with Crippen molar-refractivity contribution in [1.82, 2.24) is 9.97 Å². The Morgan fingerprint density at radius 3 is 2.71 bits per heavy atom. The number of hydrogen-bond acceptors (Lipinski definition) is 5. The summed E-state index contributed by atoms with van der Waals surface area (Å²) in [5.41, 5.74) is 2.64. The number of hydrogen-bond donors (Lipinski definition) is 3. The fourth-order valence-electron chi connectivity index (χ4n) is 3.38. The van der Waals surface area contributed by atoms with Crippen molar-refractivity contribution in [3.8, 4) is 0 Å². The Labute approximate surface area is 127 Å². The first-order valence-electron chi connectivity index (χ1n) is 8.34. The van der Waals surface area contributed by atoms with E-state index in [1.807, 2.05) is 6.07 Å². The van der Waals surface area contributed by atoms with E-state index < -0.39 is 0 Å². The molecule has 0 bridgehead atoms. The minimum atomic E-state index is 0.540. The zero-order chi connectivity index (χ0) is 14.7. The highest BCUT2D eigenvalue weighted by Crippen LogP contribution is 2.38. The van der Waals surface area contributed by atoms with Crippen LogP contribution in [-0.2, 0) is 0 Å². The van der Waals surface area contributed by atoms with Gasteiger partial charge in [-0.2, -0.15) is 0 Å². The third-order valence-electron chi connectivity index (χ3n) is 4.74. The summed E-state index contributed by atoms with van der Waals surface area (Å²) in [7, 11) is 0. The molecule has 2 aliphatic carbocycles. The van der Waals surface area contributed by atoms with Gasteiger partial charge in [0.2, 0.25) is 0 Å². The second kappa shape index (κ2) is 6.60. The predicted octanol–water partition coefficient (Wildman–Crippen LogP) is 3.27.